The van der Waals surface area contributed by atoms with Crippen LogP contribution < -0.4 is 0 Å². The normalized spacial score (nSPS) is 11.2. The van der Waals surface area contributed by atoms with Crippen LogP contribution in [0.4, 0.5) is 0 Å². The molecule has 6 heterocycles. The van der Waals surface area contributed by atoms with Gasteiger partial charge in [-0.3, -0.25) is 9.97 Å². The Morgan fingerprint density at radius 3 is 1.32 bits per heavy atom. The predicted octanol–water partition coefficient (Wildman–Crippen LogP) is 18.9. The molecule has 0 saturated carbocycles. The number of para-hydroxylation sites is 2. The predicted molar refractivity (Wildman–Crippen MR) is 307 cm³/mol. The van der Waals surface area contributed by atoms with Crippen molar-refractivity contribution in [1.29, 1.82) is 0 Å². The highest BCUT2D eigenvalue weighted by Crippen LogP contribution is 2.37. The lowest BCUT2D eigenvalue weighted by Crippen LogP contribution is -1.85. The van der Waals surface area contributed by atoms with Crippen LogP contribution in [0.3, 0.4) is 0 Å². The van der Waals surface area contributed by atoms with Gasteiger partial charge in [0.25, 0.3) is 0 Å². The van der Waals surface area contributed by atoms with Gasteiger partial charge in [0.2, 0.25) is 0 Å². The first-order valence-electron chi connectivity index (χ1n) is 25.0. The maximum atomic E-state index is 6.12. The summed E-state index contributed by atoms with van der Waals surface area (Å²) < 4.78 is 17.9. The van der Waals surface area contributed by atoms with E-state index in [0.29, 0.717) is 0 Å². The van der Waals surface area contributed by atoms with Gasteiger partial charge in [0.1, 0.15) is 33.3 Å². The third-order valence-electron chi connectivity index (χ3n) is 13.5. The highest BCUT2D eigenvalue weighted by atomic mass is 16.3. The summed E-state index contributed by atoms with van der Waals surface area (Å²) in [5.74, 6) is 0. The molecule has 9 aromatic carbocycles. The van der Waals surface area contributed by atoms with Crippen molar-refractivity contribution in [2.75, 3.05) is 0 Å². The maximum Gasteiger partial charge on any atom is 0.153 e. The van der Waals surface area contributed by atoms with Crippen LogP contribution in [0.5, 0.6) is 0 Å². The minimum Gasteiger partial charge on any atom is -0.454 e. The molecular formula is C69H45N3O3. The molecule has 0 amide bonds. The lowest BCUT2D eigenvalue weighted by Gasteiger charge is -2.06. The van der Waals surface area contributed by atoms with E-state index >= 15 is 0 Å². The molecule has 0 aliphatic heterocycles. The van der Waals surface area contributed by atoms with Crippen molar-refractivity contribution in [1.82, 2.24) is 15.0 Å². The first-order valence-corrected chi connectivity index (χ1v) is 25.0. The topological polar surface area (TPSA) is 78.1 Å². The fourth-order valence-corrected chi connectivity index (χ4v) is 9.87. The molecule has 0 aliphatic rings. The average molecular weight is 964 g/mol. The summed E-state index contributed by atoms with van der Waals surface area (Å²) in [6.07, 6.45) is 3.61. The van der Waals surface area contributed by atoms with Crippen LogP contribution in [-0.4, -0.2) is 15.0 Å². The molecule has 6 heteroatoms. The summed E-state index contributed by atoms with van der Waals surface area (Å²) in [4.78, 5) is 13.8. The van der Waals surface area contributed by atoms with Crippen LogP contribution in [0, 0.1) is 0 Å². The average Bonchev–Trinajstić information content (AvgIpc) is 4.20. The van der Waals surface area contributed by atoms with Gasteiger partial charge >= 0.3 is 0 Å². The van der Waals surface area contributed by atoms with E-state index in [-0.39, 0.29) is 0 Å². The second-order valence-electron chi connectivity index (χ2n) is 18.3. The molecule has 0 radical (unpaired) electrons. The zero-order valence-corrected chi connectivity index (χ0v) is 40.5. The first-order chi connectivity index (χ1) is 37.2. The van der Waals surface area contributed by atoms with Crippen LogP contribution >= 0.6 is 0 Å². The molecule has 0 spiro atoms. The molecule has 0 saturated heterocycles. The van der Waals surface area contributed by atoms with Crippen molar-refractivity contribution in [2.45, 2.75) is 0 Å². The number of fused-ring (bicyclic) bond motifs is 9. The number of benzene rings is 9. The quantitative estimate of drug-likeness (QED) is 0.165. The standard InChI is InChI=1S/3C23H15NO/c1-2-7-16(8-3-1)17-9-4-10-18(15-17)19-11-5-12-20-22-21(25-23(19)20)13-6-14-24-22;1-2-6-16(7-3-1)17-8-4-9-18(14-17)19-11-12-21-20(15-19)23-22(25-21)10-5-13-24-23;1-2-7-16(8-3-1)17-9-6-10-18(15-17)20-13-14-22-23(24-20)19-11-4-5-12-21(19)25-22/h3*1-15H. The van der Waals surface area contributed by atoms with E-state index in [9.17, 15) is 0 Å². The SMILES string of the molecule is c1ccc(-c2cccc(-c3ccc4oc5ccccc5c4n3)c2)cc1.c1ccc(-c2cccc(-c3ccc4oc5cccnc5c4c3)c2)cc1.c1ccc(-c2cccc(-c3cccc4c3oc3cccnc34)c2)cc1. The third-order valence-corrected chi connectivity index (χ3v) is 13.5. The molecule has 0 bridgehead atoms. The number of hydrogen-bond donors (Lipinski definition) is 0. The molecule has 6 nitrogen and oxygen atoms in total. The fraction of sp³-hybridized carbons (Fsp3) is 0. The Morgan fingerprint density at radius 2 is 0.667 bits per heavy atom. The molecule has 0 aliphatic carbocycles. The zero-order valence-electron chi connectivity index (χ0n) is 40.5. The monoisotopic (exact) mass is 963 g/mol. The Balaban J connectivity index is 0.000000108. The zero-order chi connectivity index (χ0) is 49.9. The fourth-order valence-electron chi connectivity index (χ4n) is 9.87. The van der Waals surface area contributed by atoms with E-state index in [0.717, 1.165) is 88.6 Å². The van der Waals surface area contributed by atoms with Crippen molar-refractivity contribution in [3.8, 4) is 66.9 Å². The van der Waals surface area contributed by atoms with Crippen LogP contribution in [-0.2, 0) is 0 Å². The number of furan rings is 3. The van der Waals surface area contributed by atoms with Gasteiger partial charge in [-0.1, -0.05) is 176 Å². The van der Waals surface area contributed by atoms with Crippen molar-refractivity contribution >= 4 is 66.2 Å². The summed E-state index contributed by atoms with van der Waals surface area (Å²) in [6.45, 7) is 0. The van der Waals surface area contributed by atoms with Crippen molar-refractivity contribution in [2.24, 2.45) is 0 Å². The summed E-state index contributed by atoms with van der Waals surface area (Å²) in [7, 11) is 0. The first kappa shape index (κ1) is 44.7. The molecule has 0 atom stereocenters. The molecule has 0 N–H and O–H groups in total. The number of aromatic nitrogens is 3. The largest absolute Gasteiger partial charge is 0.454 e. The Morgan fingerprint density at radius 1 is 0.240 bits per heavy atom. The van der Waals surface area contributed by atoms with Crippen molar-refractivity contribution in [3.63, 3.8) is 0 Å². The number of hydrogen-bond acceptors (Lipinski definition) is 6. The van der Waals surface area contributed by atoms with E-state index in [2.05, 4.69) is 192 Å². The van der Waals surface area contributed by atoms with Crippen LogP contribution in [0.1, 0.15) is 0 Å². The summed E-state index contributed by atoms with van der Waals surface area (Å²) >= 11 is 0. The van der Waals surface area contributed by atoms with E-state index in [1.54, 1.807) is 12.4 Å². The second kappa shape index (κ2) is 19.8. The lowest BCUT2D eigenvalue weighted by molar-refractivity contribution is 0.668. The molecule has 15 rings (SSSR count). The highest BCUT2D eigenvalue weighted by molar-refractivity contribution is 6.08. The molecule has 0 unspecified atom stereocenters. The van der Waals surface area contributed by atoms with Gasteiger partial charge in [0.05, 0.1) is 5.69 Å². The molecule has 15 aromatic rings. The smallest absolute Gasteiger partial charge is 0.153 e. The van der Waals surface area contributed by atoms with Gasteiger partial charge in [-0.15, -0.1) is 0 Å². The molecule has 6 aromatic heterocycles. The lowest BCUT2D eigenvalue weighted by atomic mass is 9.98. The van der Waals surface area contributed by atoms with E-state index in [4.69, 9.17) is 18.2 Å². The van der Waals surface area contributed by atoms with E-state index < -0.39 is 0 Å². The molecule has 0 fully saturated rings. The van der Waals surface area contributed by atoms with E-state index in [1.807, 2.05) is 78.9 Å². The van der Waals surface area contributed by atoms with Gasteiger partial charge in [-0.25, -0.2) is 4.98 Å². The summed E-state index contributed by atoms with van der Waals surface area (Å²) in [5, 5.41) is 3.16. The Bertz CT molecular complexity index is 4270. The Labute approximate surface area is 432 Å². The molecular weight excluding hydrogens is 919 g/mol. The Hall–Kier alpha value is -10.2. The van der Waals surface area contributed by atoms with Gasteiger partial charge < -0.3 is 13.3 Å². The van der Waals surface area contributed by atoms with Crippen LogP contribution in [0.25, 0.3) is 133 Å². The third kappa shape index (κ3) is 8.98. The summed E-state index contributed by atoms with van der Waals surface area (Å²) in [6, 6.07) is 89.3. The van der Waals surface area contributed by atoms with Crippen molar-refractivity contribution < 1.29 is 13.3 Å². The van der Waals surface area contributed by atoms with E-state index in [1.165, 1.54) is 44.5 Å². The number of nitrogens with zero attached hydrogens (tertiary/aromatic N) is 3. The summed E-state index contributed by atoms with van der Waals surface area (Å²) in [5.41, 5.74) is 21.8. The molecule has 354 valence electrons. The maximum absolute atomic E-state index is 6.12. The van der Waals surface area contributed by atoms with Gasteiger partial charge in [0, 0.05) is 39.7 Å². The van der Waals surface area contributed by atoms with Crippen LogP contribution in [0.15, 0.2) is 286 Å². The van der Waals surface area contributed by atoms with Gasteiger partial charge in [0.15, 0.2) is 16.7 Å². The van der Waals surface area contributed by atoms with Crippen LogP contribution in [0.2, 0.25) is 0 Å². The minimum atomic E-state index is 0.823. The minimum absolute atomic E-state index is 0.823. The number of pyridine rings is 3. The highest BCUT2D eigenvalue weighted by Gasteiger charge is 2.15. The Kier molecular flexibility index (Phi) is 11.8. The van der Waals surface area contributed by atoms with Gasteiger partial charge in [-0.05, 0) is 135 Å². The number of rotatable bonds is 6. The van der Waals surface area contributed by atoms with Crippen molar-refractivity contribution in [3.05, 3.63) is 273 Å². The second-order valence-corrected chi connectivity index (χ2v) is 18.3. The molecule has 75 heavy (non-hydrogen) atoms. The van der Waals surface area contributed by atoms with Gasteiger partial charge in [-0.2, -0.15) is 0 Å².